The van der Waals surface area contributed by atoms with Crippen LogP contribution in [-0.4, -0.2) is 41.0 Å². The molecule has 0 unspecified atom stereocenters. The van der Waals surface area contributed by atoms with Crippen LogP contribution < -0.4 is 10.1 Å². The fourth-order valence-corrected chi connectivity index (χ4v) is 3.14. The second-order valence-corrected chi connectivity index (χ2v) is 7.09. The highest BCUT2D eigenvalue weighted by atomic mass is 16.5. The molecule has 3 rings (SSSR count). The molecule has 0 aliphatic heterocycles. The summed E-state index contributed by atoms with van der Waals surface area (Å²) in [6, 6.07) is 13.9. The molecule has 0 spiro atoms. The van der Waals surface area contributed by atoms with E-state index >= 15 is 0 Å². The van der Waals surface area contributed by atoms with Crippen LogP contribution in [-0.2, 0) is 22.5 Å². The summed E-state index contributed by atoms with van der Waals surface area (Å²) in [6.45, 7) is 5.31. The van der Waals surface area contributed by atoms with Crippen molar-refractivity contribution in [2.24, 2.45) is 0 Å². The summed E-state index contributed by atoms with van der Waals surface area (Å²) in [5.74, 6) is 0.513. The van der Waals surface area contributed by atoms with Crippen molar-refractivity contribution >= 4 is 5.91 Å². The zero-order chi connectivity index (χ0) is 21.3. The molecule has 7 heteroatoms. The quantitative estimate of drug-likeness (QED) is 0.522. The highest BCUT2D eigenvalue weighted by Gasteiger charge is 2.08. The molecular formula is C23H28N4O3. The summed E-state index contributed by atoms with van der Waals surface area (Å²) >= 11 is 0. The fraction of sp³-hybridized carbons (Fsp3) is 0.348. The van der Waals surface area contributed by atoms with Gasteiger partial charge in [0.15, 0.2) is 0 Å². The lowest BCUT2D eigenvalue weighted by Gasteiger charge is -2.11. The monoisotopic (exact) mass is 408 g/mol. The van der Waals surface area contributed by atoms with Gasteiger partial charge in [-0.2, -0.15) is 5.10 Å². The zero-order valence-corrected chi connectivity index (χ0v) is 17.7. The number of ether oxygens (including phenoxy) is 2. The van der Waals surface area contributed by atoms with Gasteiger partial charge in [0, 0.05) is 37.5 Å². The molecule has 0 aliphatic rings. The first-order valence-electron chi connectivity index (χ1n) is 10.0. The highest BCUT2D eigenvalue weighted by Crippen LogP contribution is 2.15. The lowest BCUT2D eigenvalue weighted by atomic mass is 10.1. The number of rotatable bonds is 10. The Bertz CT molecular complexity index is 967. The lowest BCUT2D eigenvalue weighted by molar-refractivity contribution is -0.121. The van der Waals surface area contributed by atoms with Crippen molar-refractivity contribution in [2.45, 2.75) is 33.2 Å². The standard InChI is InChI=1S/C23H28N4O3/c1-17-15-18(2)27(26-17)21-9-6-19(7-10-21)8-11-22(28)25-16-20-5-4-12-24-23(20)30-14-13-29-3/h4-7,9-10,12,15H,8,11,13-14,16H2,1-3H3,(H,25,28). The van der Waals surface area contributed by atoms with Crippen LogP contribution in [0.5, 0.6) is 5.88 Å². The first kappa shape index (κ1) is 21.5. The van der Waals surface area contributed by atoms with E-state index in [1.807, 2.05) is 54.9 Å². The van der Waals surface area contributed by atoms with E-state index in [2.05, 4.69) is 21.5 Å². The van der Waals surface area contributed by atoms with Crippen LogP contribution in [0.25, 0.3) is 5.69 Å². The van der Waals surface area contributed by atoms with Crippen LogP contribution in [0.4, 0.5) is 0 Å². The third-order valence-corrected chi connectivity index (χ3v) is 4.68. The maximum atomic E-state index is 12.3. The van der Waals surface area contributed by atoms with Gasteiger partial charge in [-0.15, -0.1) is 0 Å². The van der Waals surface area contributed by atoms with Crippen molar-refractivity contribution in [3.8, 4) is 11.6 Å². The Hall–Kier alpha value is -3.19. The van der Waals surface area contributed by atoms with Gasteiger partial charge in [0.1, 0.15) is 6.61 Å². The fourth-order valence-electron chi connectivity index (χ4n) is 3.14. The van der Waals surface area contributed by atoms with Crippen molar-refractivity contribution in [2.75, 3.05) is 20.3 Å². The van der Waals surface area contributed by atoms with Gasteiger partial charge in [-0.1, -0.05) is 18.2 Å². The molecule has 0 fully saturated rings. The molecule has 3 aromatic rings. The van der Waals surface area contributed by atoms with Crippen molar-refractivity contribution in [1.82, 2.24) is 20.1 Å². The van der Waals surface area contributed by atoms with Gasteiger partial charge in [0.25, 0.3) is 0 Å². The maximum Gasteiger partial charge on any atom is 0.220 e. The van der Waals surface area contributed by atoms with Gasteiger partial charge in [0.2, 0.25) is 11.8 Å². The van der Waals surface area contributed by atoms with Crippen LogP contribution in [0.2, 0.25) is 0 Å². The maximum absolute atomic E-state index is 12.3. The van der Waals surface area contributed by atoms with E-state index in [-0.39, 0.29) is 5.91 Å². The molecule has 158 valence electrons. The van der Waals surface area contributed by atoms with Crippen molar-refractivity contribution in [3.63, 3.8) is 0 Å². The van der Waals surface area contributed by atoms with Gasteiger partial charge in [0.05, 0.1) is 18.0 Å². The molecule has 1 aromatic carbocycles. The molecule has 1 amide bonds. The molecule has 0 aliphatic carbocycles. The number of nitrogens with one attached hydrogen (secondary N) is 1. The number of hydrogen-bond donors (Lipinski definition) is 1. The van der Waals surface area contributed by atoms with Gasteiger partial charge >= 0.3 is 0 Å². The van der Waals surface area contributed by atoms with E-state index < -0.39 is 0 Å². The van der Waals surface area contributed by atoms with Crippen molar-refractivity contribution in [3.05, 3.63) is 71.2 Å². The molecule has 30 heavy (non-hydrogen) atoms. The first-order chi connectivity index (χ1) is 14.6. The van der Waals surface area contributed by atoms with Crippen LogP contribution in [0.3, 0.4) is 0 Å². The van der Waals surface area contributed by atoms with E-state index in [4.69, 9.17) is 9.47 Å². The molecule has 0 atom stereocenters. The van der Waals surface area contributed by atoms with Crippen LogP contribution >= 0.6 is 0 Å². The summed E-state index contributed by atoms with van der Waals surface area (Å²) in [4.78, 5) is 16.5. The minimum atomic E-state index is -0.00989. The molecule has 2 aromatic heterocycles. The van der Waals surface area contributed by atoms with E-state index in [0.717, 1.165) is 28.2 Å². The van der Waals surface area contributed by atoms with Crippen molar-refractivity contribution in [1.29, 1.82) is 0 Å². The average Bonchev–Trinajstić information content (AvgIpc) is 3.10. The first-order valence-corrected chi connectivity index (χ1v) is 10.0. The predicted molar refractivity (Wildman–Crippen MR) is 115 cm³/mol. The van der Waals surface area contributed by atoms with Gasteiger partial charge in [-0.3, -0.25) is 4.79 Å². The summed E-state index contributed by atoms with van der Waals surface area (Å²) in [5, 5.41) is 7.44. The topological polar surface area (TPSA) is 78.3 Å². The third kappa shape index (κ3) is 5.90. The van der Waals surface area contributed by atoms with E-state index in [0.29, 0.717) is 38.5 Å². The second-order valence-electron chi connectivity index (χ2n) is 7.09. The number of nitrogens with zero attached hydrogens (tertiary/aromatic N) is 3. The second kappa shape index (κ2) is 10.5. The lowest BCUT2D eigenvalue weighted by Crippen LogP contribution is -2.23. The summed E-state index contributed by atoms with van der Waals surface area (Å²) < 4.78 is 12.5. The molecular weight excluding hydrogens is 380 g/mol. The van der Waals surface area contributed by atoms with Crippen molar-refractivity contribution < 1.29 is 14.3 Å². The highest BCUT2D eigenvalue weighted by molar-refractivity contribution is 5.76. The molecule has 0 radical (unpaired) electrons. The smallest absolute Gasteiger partial charge is 0.220 e. The van der Waals surface area contributed by atoms with Gasteiger partial charge < -0.3 is 14.8 Å². The molecule has 0 saturated carbocycles. The normalized spacial score (nSPS) is 10.8. The number of carbonyl (C=O) groups is 1. The summed E-state index contributed by atoms with van der Waals surface area (Å²) in [6.07, 6.45) is 2.76. The molecule has 7 nitrogen and oxygen atoms in total. The zero-order valence-electron chi connectivity index (χ0n) is 17.7. The number of aryl methyl sites for hydroxylation is 3. The largest absolute Gasteiger partial charge is 0.475 e. The van der Waals surface area contributed by atoms with Crippen LogP contribution in [0, 0.1) is 13.8 Å². The van der Waals surface area contributed by atoms with E-state index in [1.54, 1.807) is 13.3 Å². The van der Waals surface area contributed by atoms with E-state index in [1.165, 1.54) is 0 Å². The Morgan fingerprint density at radius 2 is 1.93 bits per heavy atom. The Morgan fingerprint density at radius 1 is 1.13 bits per heavy atom. The third-order valence-electron chi connectivity index (χ3n) is 4.68. The van der Waals surface area contributed by atoms with Gasteiger partial charge in [-0.05, 0) is 50.1 Å². The predicted octanol–water partition coefficient (Wildman–Crippen LogP) is 3.16. The Labute approximate surface area is 177 Å². The minimum Gasteiger partial charge on any atom is -0.475 e. The summed E-state index contributed by atoms with van der Waals surface area (Å²) in [7, 11) is 1.62. The SMILES string of the molecule is COCCOc1ncccc1CNC(=O)CCc1ccc(-n2nc(C)cc2C)cc1. The number of carbonyl (C=O) groups excluding carboxylic acids is 1. The molecule has 0 bridgehead atoms. The van der Waals surface area contributed by atoms with Crippen LogP contribution in [0.15, 0.2) is 48.7 Å². The average molecular weight is 409 g/mol. The number of benzene rings is 1. The number of amides is 1. The molecule has 1 N–H and O–H groups in total. The Kier molecular flexibility index (Phi) is 7.57. The number of aromatic nitrogens is 3. The van der Waals surface area contributed by atoms with Crippen LogP contribution in [0.1, 0.15) is 28.9 Å². The molecule has 0 saturated heterocycles. The Morgan fingerprint density at radius 3 is 2.63 bits per heavy atom. The minimum absolute atomic E-state index is 0.00989. The molecule has 2 heterocycles. The number of methoxy groups -OCH3 is 1. The number of hydrogen-bond acceptors (Lipinski definition) is 5. The number of pyridine rings is 1. The van der Waals surface area contributed by atoms with Gasteiger partial charge in [-0.25, -0.2) is 9.67 Å². The Balaban J connectivity index is 1.49. The van der Waals surface area contributed by atoms with E-state index in [9.17, 15) is 4.79 Å². The summed E-state index contributed by atoms with van der Waals surface area (Å²) in [5.41, 5.74) is 5.07.